The largest absolute Gasteiger partial charge is 0.365 e. The molecule has 2 N–H and O–H groups in total. The fourth-order valence-corrected chi connectivity index (χ4v) is 2.94. The average Bonchev–Trinajstić information content (AvgIpc) is 2.68. The monoisotopic (exact) mass is 367 g/mol. The van der Waals surface area contributed by atoms with E-state index in [1.54, 1.807) is 4.90 Å². The van der Waals surface area contributed by atoms with Crippen LogP contribution in [0.15, 0.2) is 48.5 Å². The summed E-state index contributed by atoms with van der Waals surface area (Å²) >= 11 is 0. The summed E-state index contributed by atoms with van der Waals surface area (Å²) in [6, 6.07) is 15.4. The Balaban J connectivity index is 1.51. The van der Waals surface area contributed by atoms with Crippen molar-refractivity contribution in [1.82, 2.24) is 10.6 Å². The van der Waals surface area contributed by atoms with E-state index in [0.717, 1.165) is 16.8 Å². The van der Waals surface area contributed by atoms with E-state index in [-0.39, 0.29) is 24.6 Å². The highest BCUT2D eigenvalue weighted by Gasteiger charge is 2.27. The summed E-state index contributed by atoms with van der Waals surface area (Å²) in [4.78, 5) is 26.0. The van der Waals surface area contributed by atoms with Crippen LogP contribution in [0.3, 0.4) is 0 Å². The second-order valence-electron chi connectivity index (χ2n) is 6.76. The molecule has 6 heteroatoms. The zero-order valence-corrected chi connectivity index (χ0v) is 15.7. The summed E-state index contributed by atoms with van der Waals surface area (Å²) in [5.41, 5.74) is 4.23. The Kier molecular flexibility index (Phi) is 6.08. The third-order valence-corrected chi connectivity index (χ3v) is 4.72. The van der Waals surface area contributed by atoms with E-state index in [2.05, 4.69) is 10.6 Å². The van der Waals surface area contributed by atoms with Gasteiger partial charge < -0.3 is 20.3 Å². The highest BCUT2D eigenvalue weighted by atomic mass is 16.5. The summed E-state index contributed by atoms with van der Waals surface area (Å²) < 4.78 is 5.58. The number of urea groups is 1. The van der Waals surface area contributed by atoms with E-state index in [1.165, 1.54) is 5.56 Å². The first kappa shape index (κ1) is 18.9. The lowest BCUT2D eigenvalue weighted by Crippen LogP contribution is -2.51. The van der Waals surface area contributed by atoms with Crippen LogP contribution < -0.4 is 15.5 Å². The van der Waals surface area contributed by atoms with E-state index in [9.17, 15) is 9.59 Å². The Morgan fingerprint density at radius 1 is 1.11 bits per heavy atom. The zero-order valence-electron chi connectivity index (χ0n) is 15.7. The Hall–Kier alpha value is -2.86. The van der Waals surface area contributed by atoms with E-state index in [1.807, 2.05) is 62.4 Å². The maximum atomic E-state index is 12.2. The summed E-state index contributed by atoms with van der Waals surface area (Å²) in [5.74, 6) is -0.0666. The predicted molar refractivity (Wildman–Crippen MR) is 105 cm³/mol. The highest BCUT2D eigenvalue weighted by Crippen LogP contribution is 2.21. The van der Waals surface area contributed by atoms with Crippen LogP contribution in [-0.2, 0) is 16.1 Å². The van der Waals surface area contributed by atoms with Crippen molar-refractivity contribution in [3.05, 3.63) is 65.2 Å². The second-order valence-corrected chi connectivity index (χ2v) is 6.76. The first-order chi connectivity index (χ1) is 13.0. The molecule has 1 aliphatic rings. The van der Waals surface area contributed by atoms with Crippen LogP contribution in [0.2, 0.25) is 0 Å². The molecule has 1 aliphatic heterocycles. The van der Waals surface area contributed by atoms with E-state index < -0.39 is 0 Å². The van der Waals surface area contributed by atoms with Gasteiger partial charge in [0.15, 0.2) is 0 Å². The van der Waals surface area contributed by atoms with Crippen molar-refractivity contribution in [1.29, 1.82) is 0 Å². The van der Waals surface area contributed by atoms with Gasteiger partial charge in [-0.15, -0.1) is 0 Å². The van der Waals surface area contributed by atoms with Gasteiger partial charge in [0.05, 0.1) is 12.6 Å². The third kappa shape index (κ3) is 5.08. The van der Waals surface area contributed by atoms with Crippen LogP contribution in [0.5, 0.6) is 0 Å². The number of ether oxygens (including phenoxy) is 1. The van der Waals surface area contributed by atoms with Crippen LogP contribution in [0.1, 0.15) is 16.7 Å². The number of hydrogen-bond acceptors (Lipinski definition) is 3. The molecule has 0 bridgehead atoms. The first-order valence-corrected chi connectivity index (χ1v) is 9.08. The minimum Gasteiger partial charge on any atom is -0.365 e. The molecule has 1 heterocycles. The summed E-state index contributed by atoms with van der Waals surface area (Å²) in [7, 11) is 0. The molecule has 2 aromatic rings. The number of morpholine rings is 1. The highest BCUT2D eigenvalue weighted by molar-refractivity contribution is 5.95. The van der Waals surface area contributed by atoms with Gasteiger partial charge in [0, 0.05) is 18.8 Å². The van der Waals surface area contributed by atoms with Crippen molar-refractivity contribution in [3.63, 3.8) is 0 Å². The van der Waals surface area contributed by atoms with E-state index >= 15 is 0 Å². The SMILES string of the molecule is Cc1ccc(N2CC(CNC(=O)NCc3ccccc3)OCC2=O)cc1C. The number of amides is 3. The van der Waals surface area contributed by atoms with Gasteiger partial charge in [0.1, 0.15) is 6.61 Å². The molecule has 6 nitrogen and oxygen atoms in total. The molecule has 3 amide bonds. The first-order valence-electron chi connectivity index (χ1n) is 9.08. The smallest absolute Gasteiger partial charge is 0.315 e. The number of carbonyl (C=O) groups excluding carboxylic acids is 2. The van der Waals surface area contributed by atoms with Crippen molar-refractivity contribution < 1.29 is 14.3 Å². The molecule has 0 saturated carbocycles. The molecular weight excluding hydrogens is 342 g/mol. The lowest BCUT2D eigenvalue weighted by Gasteiger charge is -2.33. The van der Waals surface area contributed by atoms with Crippen molar-refractivity contribution in [3.8, 4) is 0 Å². The molecule has 1 fully saturated rings. The summed E-state index contributed by atoms with van der Waals surface area (Å²) in [5, 5.41) is 5.63. The van der Waals surface area contributed by atoms with Crippen molar-refractivity contribution in [2.24, 2.45) is 0 Å². The molecule has 0 aromatic heterocycles. The van der Waals surface area contributed by atoms with Crippen molar-refractivity contribution >= 4 is 17.6 Å². The van der Waals surface area contributed by atoms with Crippen LogP contribution in [0.4, 0.5) is 10.5 Å². The summed E-state index contributed by atoms with van der Waals surface area (Å²) in [6.45, 7) is 5.31. The Labute approximate surface area is 159 Å². The van der Waals surface area contributed by atoms with Gasteiger partial charge in [-0.1, -0.05) is 36.4 Å². The quantitative estimate of drug-likeness (QED) is 0.853. The summed E-state index contributed by atoms with van der Waals surface area (Å²) in [6.07, 6.45) is -0.244. The Bertz CT molecular complexity index is 808. The number of hydrogen-bond donors (Lipinski definition) is 2. The lowest BCUT2D eigenvalue weighted by molar-refractivity contribution is -0.129. The predicted octanol–water partition coefficient (Wildman–Crippen LogP) is 2.53. The number of anilines is 1. The molecule has 2 aromatic carbocycles. The zero-order chi connectivity index (χ0) is 19.2. The van der Waals surface area contributed by atoms with Gasteiger partial charge in [-0.2, -0.15) is 0 Å². The minimum absolute atomic E-state index is 0.0188. The van der Waals surface area contributed by atoms with Crippen molar-refractivity contribution in [2.45, 2.75) is 26.5 Å². The van der Waals surface area contributed by atoms with Crippen LogP contribution in [0, 0.1) is 13.8 Å². The van der Waals surface area contributed by atoms with Crippen LogP contribution in [-0.4, -0.2) is 37.7 Å². The number of nitrogens with one attached hydrogen (secondary N) is 2. The number of nitrogens with zero attached hydrogens (tertiary/aromatic N) is 1. The molecule has 142 valence electrons. The van der Waals surface area contributed by atoms with Gasteiger partial charge in [0.2, 0.25) is 0 Å². The minimum atomic E-state index is -0.253. The Morgan fingerprint density at radius 3 is 2.63 bits per heavy atom. The number of aryl methyl sites for hydroxylation is 2. The molecule has 27 heavy (non-hydrogen) atoms. The topological polar surface area (TPSA) is 70.7 Å². The maximum Gasteiger partial charge on any atom is 0.315 e. The molecule has 1 saturated heterocycles. The van der Waals surface area contributed by atoms with Gasteiger partial charge in [-0.3, -0.25) is 4.79 Å². The molecule has 3 rings (SSSR count). The molecule has 0 aliphatic carbocycles. The second kappa shape index (κ2) is 8.68. The van der Waals surface area contributed by atoms with E-state index in [0.29, 0.717) is 19.6 Å². The van der Waals surface area contributed by atoms with Gasteiger partial charge >= 0.3 is 6.03 Å². The maximum absolute atomic E-state index is 12.2. The number of rotatable bonds is 5. The number of carbonyl (C=O) groups is 2. The molecular formula is C21H25N3O3. The normalized spacial score (nSPS) is 16.9. The molecule has 1 unspecified atom stereocenters. The third-order valence-electron chi connectivity index (χ3n) is 4.72. The van der Waals surface area contributed by atoms with Crippen molar-refractivity contribution in [2.75, 3.05) is 24.6 Å². The van der Waals surface area contributed by atoms with E-state index in [4.69, 9.17) is 4.74 Å². The lowest BCUT2D eigenvalue weighted by atomic mass is 10.1. The fourth-order valence-electron chi connectivity index (χ4n) is 2.94. The number of benzene rings is 2. The molecule has 0 radical (unpaired) electrons. The van der Waals surface area contributed by atoms with Gasteiger partial charge in [-0.25, -0.2) is 4.79 Å². The fraction of sp³-hybridized carbons (Fsp3) is 0.333. The molecule has 0 spiro atoms. The average molecular weight is 367 g/mol. The van der Waals surface area contributed by atoms with Gasteiger partial charge in [-0.05, 0) is 42.7 Å². The molecule has 1 atom stereocenters. The Morgan fingerprint density at radius 2 is 1.89 bits per heavy atom. The standard InChI is InChI=1S/C21H25N3O3/c1-15-8-9-18(10-16(15)2)24-13-19(27-14-20(24)25)12-23-21(26)22-11-17-6-4-3-5-7-17/h3-10,19H,11-14H2,1-2H3,(H2,22,23,26). The van der Waals surface area contributed by atoms with Gasteiger partial charge in [0.25, 0.3) is 5.91 Å². The van der Waals surface area contributed by atoms with Crippen LogP contribution in [0.25, 0.3) is 0 Å². The van der Waals surface area contributed by atoms with Crippen LogP contribution >= 0.6 is 0 Å².